The van der Waals surface area contributed by atoms with E-state index in [0.29, 0.717) is 27.3 Å². The molecular formula is C19H18BrNO4. The maximum Gasteiger partial charge on any atom is 0.252 e. The van der Waals surface area contributed by atoms with Crippen LogP contribution in [-0.2, 0) is 0 Å². The molecule has 2 aromatic carbocycles. The van der Waals surface area contributed by atoms with Gasteiger partial charge in [-0.2, -0.15) is 0 Å². The number of carbonyl (C=O) groups excluding carboxylic acids is 1. The van der Waals surface area contributed by atoms with Crippen molar-refractivity contribution in [3.63, 3.8) is 0 Å². The number of ether oxygens (including phenoxy) is 2. The van der Waals surface area contributed by atoms with Gasteiger partial charge in [-0.1, -0.05) is 18.2 Å². The van der Waals surface area contributed by atoms with E-state index in [1.54, 1.807) is 12.1 Å². The molecule has 0 saturated heterocycles. The van der Waals surface area contributed by atoms with E-state index in [4.69, 9.17) is 13.9 Å². The van der Waals surface area contributed by atoms with Crippen LogP contribution >= 0.6 is 15.9 Å². The summed E-state index contributed by atoms with van der Waals surface area (Å²) < 4.78 is 17.0. The highest BCUT2D eigenvalue weighted by molar-refractivity contribution is 9.10. The van der Waals surface area contributed by atoms with Crippen molar-refractivity contribution in [2.45, 2.75) is 13.0 Å². The SMILES string of the molecule is COc1cc(C(=O)NC(C)c2cc3ccccc3o2)cc(OC)c1Br. The van der Waals surface area contributed by atoms with Crippen molar-refractivity contribution >= 4 is 32.8 Å². The number of carbonyl (C=O) groups is 1. The lowest BCUT2D eigenvalue weighted by atomic mass is 10.1. The summed E-state index contributed by atoms with van der Waals surface area (Å²) in [6.07, 6.45) is 0. The van der Waals surface area contributed by atoms with Crippen LogP contribution in [0.15, 0.2) is 51.4 Å². The number of halogens is 1. The molecule has 6 heteroatoms. The highest BCUT2D eigenvalue weighted by atomic mass is 79.9. The number of nitrogens with one attached hydrogen (secondary N) is 1. The highest BCUT2D eigenvalue weighted by Gasteiger charge is 2.18. The molecule has 1 heterocycles. The Morgan fingerprint density at radius 2 is 1.76 bits per heavy atom. The predicted octanol–water partition coefficient (Wildman–Crippen LogP) is 4.70. The molecule has 1 aromatic heterocycles. The maximum absolute atomic E-state index is 12.6. The zero-order chi connectivity index (χ0) is 18.0. The molecule has 1 atom stereocenters. The molecule has 130 valence electrons. The van der Waals surface area contributed by atoms with Crippen LogP contribution in [0.2, 0.25) is 0 Å². The van der Waals surface area contributed by atoms with Gasteiger partial charge in [-0.15, -0.1) is 0 Å². The molecule has 0 bridgehead atoms. The average Bonchev–Trinajstić information content (AvgIpc) is 3.06. The second kappa shape index (κ2) is 7.19. The fraction of sp³-hybridized carbons (Fsp3) is 0.211. The van der Waals surface area contributed by atoms with Crippen molar-refractivity contribution in [3.05, 3.63) is 58.3 Å². The number of furan rings is 1. The minimum absolute atomic E-state index is 0.239. The van der Waals surface area contributed by atoms with Gasteiger partial charge in [0.25, 0.3) is 5.91 Å². The van der Waals surface area contributed by atoms with Crippen molar-refractivity contribution in [1.29, 1.82) is 0 Å². The third-order valence-electron chi connectivity index (χ3n) is 3.93. The number of amides is 1. The van der Waals surface area contributed by atoms with E-state index in [1.807, 2.05) is 37.3 Å². The number of hydrogen-bond acceptors (Lipinski definition) is 4. The maximum atomic E-state index is 12.6. The van der Waals surface area contributed by atoms with Crippen molar-refractivity contribution in [3.8, 4) is 11.5 Å². The van der Waals surface area contributed by atoms with E-state index in [2.05, 4.69) is 21.2 Å². The first-order valence-corrected chi connectivity index (χ1v) is 8.53. The Kier molecular flexibility index (Phi) is 4.99. The summed E-state index contributed by atoms with van der Waals surface area (Å²) in [5, 5.41) is 3.94. The first-order valence-electron chi connectivity index (χ1n) is 7.74. The van der Waals surface area contributed by atoms with Crippen molar-refractivity contribution in [2.24, 2.45) is 0 Å². The van der Waals surface area contributed by atoms with Crippen LogP contribution in [-0.4, -0.2) is 20.1 Å². The van der Waals surface area contributed by atoms with Gasteiger partial charge in [-0.25, -0.2) is 0 Å². The second-order valence-corrected chi connectivity index (χ2v) is 6.37. The second-order valence-electron chi connectivity index (χ2n) is 5.58. The van der Waals surface area contributed by atoms with Gasteiger partial charge in [0, 0.05) is 10.9 Å². The Labute approximate surface area is 154 Å². The summed E-state index contributed by atoms with van der Waals surface area (Å²) in [7, 11) is 3.08. The van der Waals surface area contributed by atoms with E-state index < -0.39 is 0 Å². The van der Waals surface area contributed by atoms with Crippen LogP contribution in [0.4, 0.5) is 0 Å². The lowest BCUT2D eigenvalue weighted by molar-refractivity contribution is 0.0935. The zero-order valence-electron chi connectivity index (χ0n) is 14.1. The first-order chi connectivity index (χ1) is 12.0. The first kappa shape index (κ1) is 17.4. The van der Waals surface area contributed by atoms with Crippen molar-refractivity contribution < 1.29 is 18.7 Å². The van der Waals surface area contributed by atoms with Gasteiger partial charge in [-0.05, 0) is 47.1 Å². The summed E-state index contributed by atoms with van der Waals surface area (Å²) in [5.74, 6) is 1.52. The van der Waals surface area contributed by atoms with E-state index in [9.17, 15) is 4.79 Å². The monoisotopic (exact) mass is 403 g/mol. The van der Waals surface area contributed by atoms with Gasteiger partial charge >= 0.3 is 0 Å². The molecule has 1 unspecified atom stereocenters. The molecule has 5 nitrogen and oxygen atoms in total. The quantitative estimate of drug-likeness (QED) is 0.670. The van der Waals surface area contributed by atoms with Gasteiger partial charge in [0.1, 0.15) is 27.3 Å². The molecule has 25 heavy (non-hydrogen) atoms. The van der Waals surface area contributed by atoms with E-state index >= 15 is 0 Å². The summed E-state index contributed by atoms with van der Waals surface area (Å²) in [6.45, 7) is 1.88. The highest BCUT2D eigenvalue weighted by Crippen LogP contribution is 2.35. The Morgan fingerprint density at radius 1 is 1.12 bits per heavy atom. The average molecular weight is 404 g/mol. The predicted molar refractivity (Wildman–Crippen MR) is 99.3 cm³/mol. The van der Waals surface area contributed by atoms with Crippen LogP contribution in [0.1, 0.15) is 29.1 Å². The third-order valence-corrected chi connectivity index (χ3v) is 4.71. The molecule has 0 aliphatic heterocycles. The molecule has 0 aliphatic rings. The summed E-state index contributed by atoms with van der Waals surface area (Å²) in [6, 6.07) is 12.7. The smallest absolute Gasteiger partial charge is 0.252 e. The molecule has 3 aromatic rings. The molecule has 1 amide bonds. The topological polar surface area (TPSA) is 60.7 Å². The summed E-state index contributed by atoms with van der Waals surface area (Å²) in [5.41, 5.74) is 1.24. The molecule has 3 rings (SSSR count). The Bertz CT molecular complexity index is 861. The number of rotatable bonds is 5. The minimum atomic E-state index is -0.277. The fourth-order valence-corrected chi connectivity index (χ4v) is 3.12. The van der Waals surface area contributed by atoms with Crippen LogP contribution in [0.3, 0.4) is 0 Å². The van der Waals surface area contributed by atoms with Crippen LogP contribution in [0.5, 0.6) is 11.5 Å². The molecule has 0 radical (unpaired) electrons. The summed E-state index contributed by atoms with van der Waals surface area (Å²) in [4.78, 5) is 12.6. The lowest BCUT2D eigenvalue weighted by Crippen LogP contribution is -2.26. The third kappa shape index (κ3) is 3.49. The Morgan fingerprint density at radius 3 is 2.36 bits per heavy atom. The van der Waals surface area contributed by atoms with Gasteiger partial charge < -0.3 is 19.2 Å². The standard InChI is InChI=1S/C19H18BrNO4/c1-11(15-8-12-6-4-5-7-14(12)25-15)21-19(22)13-9-16(23-2)18(20)17(10-13)24-3/h4-11H,1-3H3,(H,21,22). The lowest BCUT2D eigenvalue weighted by Gasteiger charge is -2.14. The molecule has 0 fully saturated rings. The van der Waals surface area contributed by atoms with E-state index in [0.717, 1.165) is 11.0 Å². The Balaban J connectivity index is 1.83. The molecule has 1 N–H and O–H groups in total. The largest absolute Gasteiger partial charge is 0.495 e. The summed E-state index contributed by atoms with van der Waals surface area (Å²) >= 11 is 3.40. The molecule has 0 aliphatic carbocycles. The fourth-order valence-electron chi connectivity index (χ4n) is 2.57. The zero-order valence-corrected chi connectivity index (χ0v) is 15.7. The number of para-hydroxylation sites is 1. The number of fused-ring (bicyclic) bond motifs is 1. The van der Waals surface area contributed by atoms with Crippen LogP contribution in [0.25, 0.3) is 11.0 Å². The number of benzene rings is 2. The minimum Gasteiger partial charge on any atom is -0.495 e. The number of hydrogen-bond donors (Lipinski definition) is 1. The van der Waals surface area contributed by atoms with Crippen molar-refractivity contribution in [1.82, 2.24) is 5.32 Å². The van der Waals surface area contributed by atoms with Crippen molar-refractivity contribution in [2.75, 3.05) is 14.2 Å². The van der Waals surface area contributed by atoms with Gasteiger partial charge in [0.05, 0.1) is 20.3 Å². The van der Waals surface area contributed by atoms with Gasteiger partial charge in [-0.3, -0.25) is 4.79 Å². The molecular weight excluding hydrogens is 386 g/mol. The van der Waals surface area contributed by atoms with Gasteiger partial charge in [0.2, 0.25) is 0 Å². The van der Waals surface area contributed by atoms with Crippen LogP contribution < -0.4 is 14.8 Å². The number of methoxy groups -OCH3 is 2. The van der Waals surface area contributed by atoms with E-state index in [1.165, 1.54) is 14.2 Å². The van der Waals surface area contributed by atoms with E-state index in [-0.39, 0.29) is 11.9 Å². The molecule has 0 spiro atoms. The normalized spacial score (nSPS) is 12.0. The Hall–Kier alpha value is -2.47. The van der Waals surface area contributed by atoms with Crippen LogP contribution in [0, 0.1) is 0 Å². The molecule has 0 saturated carbocycles. The van der Waals surface area contributed by atoms with Gasteiger partial charge in [0.15, 0.2) is 0 Å².